The Bertz CT molecular complexity index is 979. The SMILES string of the molecule is CC.CC.OC1c2ccccc2CCC1CN1CCN(CCOC(c2ccccc2)c2ccccc2)CC1. The quantitative estimate of drug-likeness (QED) is 0.359. The summed E-state index contributed by atoms with van der Waals surface area (Å²) in [6, 6.07) is 29.4. The Hall–Kier alpha value is -2.50. The van der Waals surface area contributed by atoms with E-state index in [-0.39, 0.29) is 12.2 Å². The summed E-state index contributed by atoms with van der Waals surface area (Å²) >= 11 is 0. The van der Waals surface area contributed by atoms with Crippen LogP contribution in [-0.2, 0) is 11.2 Å². The average molecular weight is 517 g/mol. The molecular formula is C34H48N2O2. The largest absolute Gasteiger partial charge is 0.388 e. The average Bonchev–Trinajstić information content (AvgIpc) is 3.01. The van der Waals surface area contributed by atoms with Crippen molar-refractivity contribution in [2.45, 2.75) is 52.7 Å². The van der Waals surface area contributed by atoms with Gasteiger partial charge in [0.15, 0.2) is 0 Å². The maximum absolute atomic E-state index is 10.9. The maximum atomic E-state index is 10.9. The molecule has 3 aromatic rings. The van der Waals surface area contributed by atoms with E-state index in [1.165, 1.54) is 16.7 Å². The highest BCUT2D eigenvalue weighted by atomic mass is 16.5. The standard InChI is InChI=1S/C30H36N2O2.2C2H6/c33-29-27(16-15-24-9-7-8-14-28(24)29)23-32-19-17-31(18-20-32)21-22-34-30(25-10-3-1-4-11-25)26-12-5-2-6-13-26;2*1-2/h1-14,27,29-30,33H,15-23H2;2*1-2H3. The lowest BCUT2D eigenvalue weighted by molar-refractivity contribution is 0.0286. The molecule has 0 amide bonds. The monoisotopic (exact) mass is 516 g/mol. The first kappa shape index (κ1) is 30.0. The molecule has 2 atom stereocenters. The number of piperazine rings is 1. The zero-order valence-electron chi connectivity index (χ0n) is 23.9. The number of fused-ring (bicyclic) bond motifs is 1. The van der Waals surface area contributed by atoms with Gasteiger partial charge in [-0.3, -0.25) is 4.90 Å². The molecule has 4 heteroatoms. The van der Waals surface area contributed by atoms with Gasteiger partial charge in [-0.25, -0.2) is 0 Å². The van der Waals surface area contributed by atoms with Crippen molar-refractivity contribution >= 4 is 0 Å². The molecule has 0 spiro atoms. The van der Waals surface area contributed by atoms with Crippen molar-refractivity contribution in [1.29, 1.82) is 0 Å². The van der Waals surface area contributed by atoms with Crippen LogP contribution in [0.25, 0.3) is 0 Å². The van der Waals surface area contributed by atoms with E-state index in [2.05, 4.69) is 88.7 Å². The molecule has 206 valence electrons. The summed E-state index contributed by atoms with van der Waals surface area (Å²) in [5, 5.41) is 10.9. The zero-order chi connectivity index (χ0) is 27.2. The summed E-state index contributed by atoms with van der Waals surface area (Å²) in [5.41, 5.74) is 4.86. The molecule has 0 radical (unpaired) electrons. The highest BCUT2D eigenvalue weighted by Crippen LogP contribution is 2.35. The molecule has 5 rings (SSSR count). The van der Waals surface area contributed by atoms with Crippen molar-refractivity contribution in [3.8, 4) is 0 Å². The van der Waals surface area contributed by atoms with E-state index in [1.807, 2.05) is 33.8 Å². The van der Waals surface area contributed by atoms with E-state index < -0.39 is 0 Å². The van der Waals surface area contributed by atoms with Crippen molar-refractivity contribution in [3.05, 3.63) is 107 Å². The molecule has 0 aromatic heterocycles. The van der Waals surface area contributed by atoms with Gasteiger partial charge in [0.25, 0.3) is 0 Å². The second-order valence-electron chi connectivity index (χ2n) is 9.66. The fourth-order valence-electron chi connectivity index (χ4n) is 5.46. The Morgan fingerprint density at radius 3 is 1.87 bits per heavy atom. The van der Waals surface area contributed by atoms with Gasteiger partial charge in [-0.1, -0.05) is 113 Å². The molecule has 2 unspecified atom stereocenters. The van der Waals surface area contributed by atoms with Crippen LogP contribution in [0.4, 0.5) is 0 Å². The molecule has 2 aliphatic rings. The van der Waals surface area contributed by atoms with Crippen LogP contribution in [0, 0.1) is 5.92 Å². The number of ether oxygens (including phenoxy) is 1. The molecule has 1 fully saturated rings. The highest BCUT2D eigenvalue weighted by Gasteiger charge is 2.30. The molecule has 0 saturated carbocycles. The smallest absolute Gasteiger partial charge is 0.108 e. The topological polar surface area (TPSA) is 35.9 Å². The fraction of sp³-hybridized carbons (Fsp3) is 0.471. The molecule has 38 heavy (non-hydrogen) atoms. The summed E-state index contributed by atoms with van der Waals surface area (Å²) in [6.07, 6.45) is 1.80. The van der Waals surface area contributed by atoms with Crippen LogP contribution >= 0.6 is 0 Å². The minimum atomic E-state index is -0.329. The van der Waals surface area contributed by atoms with E-state index in [0.29, 0.717) is 12.5 Å². The lowest BCUT2D eigenvalue weighted by Gasteiger charge is -2.39. The van der Waals surface area contributed by atoms with Gasteiger partial charge in [0.2, 0.25) is 0 Å². The Labute approximate surface area is 231 Å². The normalized spacial score (nSPS) is 19.5. The van der Waals surface area contributed by atoms with E-state index in [4.69, 9.17) is 4.74 Å². The third-order valence-corrected chi connectivity index (χ3v) is 7.46. The highest BCUT2D eigenvalue weighted by molar-refractivity contribution is 5.32. The molecule has 3 aromatic carbocycles. The van der Waals surface area contributed by atoms with Gasteiger partial charge < -0.3 is 14.7 Å². The molecule has 1 aliphatic carbocycles. The predicted octanol–water partition coefficient (Wildman–Crippen LogP) is 6.76. The summed E-state index contributed by atoms with van der Waals surface area (Å²) < 4.78 is 6.42. The van der Waals surface area contributed by atoms with Crippen LogP contribution in [-0.4, -0.2) is 60.8 Å². The van der Waals surface area contributed by atoms with Crippen LogP contribution in [0.5, 0.6) is 0 Å². The van der Waals surface area contributed by atoms with Gasteiger partial charge in [-0.2, -0.15) is 0 Å². The van der Waals surface area contributed by atoms with Crippen LogP contribution in [0.15, 0.2) is 84.9 Å². The third-order valence-electron chi connectivity index (χ3n) is 7.46. The van der Waals surface area contributed by atoms with Gasteiger partial charge in [0.1, 0.15) is 6.10 Å². The van der Waals surface area contributed by atoms with Crippen molar-refractivity contribution in [2.75, 3.05) is 45.9 Å². The van der Waals surface area contributed by atoms with Gasteiger partial charge in [-0.15, -0.1) is 0 Å². The zero-order valence-corrected chi connectivity index (χ0v) is 23.9. The van der Waals surface area contributed by atoms with E-state index in [0.717, 1.165) is 57.7 Å². The number of rotatable bonds is 8. The molecule has 1 aliphatic heterocycles. The molecular weight excluding hydrogens is 468 g/mol. The first-order chi connectivity index (χ1) is 18.8. The van der Waals surface area contributed by atoms with E-state index in [1.54, 1.807) is 0 Å². The van der Waals surface area contributed by atoms with Crippen LogP contribution in [0.1, 0.15) is 68.6 Å². The number of hydrogen-bond acceptors (Lipinski definition) is 4. The second kappa shape index (κ2) is 16.5. The van der Waals surface area contributed by atoms with E-state index >= 15 is 0 Å². The van der Waals surface area contributed by atoms with Crippen molar-refractivity contribution in [1.82, 2.24) is 9.80 Å². The fourth-order valence-corrected chi connectivity index (χ4v) is 5.46. The number of hydrogen-bond donors (Lipinski definition) is 1. The molecule has 0 bridgehead atoms. The van der Waals surface area contributed by atoms with Crippen molar-refractivity contribution in [2.24, 2.45) is 5.92 Å². The minimum Gasteiger partial charge on any atom is -0.388 e. The van der Waals surface area contributed by atoms with Crippen LogP contribution in [0.3, 0.4) is 0 Å². The van der Waals surface area contributed by atoms with E-state index in [9.17, 15) is 5.11 Å². The summed E-state index contributed by atoms with van der Waals surface area (Å²) in [4.78, 5) is 5.05. The Balaban J connectivity index is 0.000000956. The van der Waals surface area contributed by atoms with Gasteiger partial charge in [0, 0.05) is 45.2 Å². The lowest BCUT2D eigenvalue weighted by Crippen LogP contribution is -2.49. The molecule has 1 N–H and O–H groups in total. The third kappa shape index (κ3) is 8.25. The second-order valence-corrected chi connectivity index (χ2v) is 9.66. The Morgan fingerprint density at radius 2 is 1.26 bits per heavy atom. The number of aryl methyl sites for hydroxylation is 1. The Morgan fingerprint density at radius 1 is 0.737 bits per heavy atom. The predicted molar refractivity (Wildman–Crippen MR) is 159 cm³/mol. The van der Waals surface area contributed by atoms with Crippen molar-refractivity contribution in [3.63, 3.8) is 0 Å². The number of aliphatic hydroxyl groups is 1. The first-order valence-corrected chi connectivity index (χ1v) is 14.7. The number of nitrogens with zero attached hydrogens (tertiary/aromatic N) is 2. The van der Waals surface area contributed by atoms with Crippen LogP contribution < -0.4 is 0 Å². The van der Waals surface area contributed by atoms with Gasteiger partial charge >= 0.3 is 0 Å². The summed E-state index contributed by atoms with van der Waals surface area (Å²) in [6.45, 7) is 14.9. The number of aliphatic hydroxyl groups excluding tert-OH is 1. The Kier molecular flexibility index (Phi) is 13.0. The van der Waals surface area contributed by atoms with Crippen LogP contribution in [0.2, 0.25) is 0 Å². The first-order valence-electron chi connectivity index (χ1n) is 14.7. The van der Waals surface area contributed by atoms with Gasteiger partial charge in [-0.05, 0) is 35.1 Å². The van der Waals surface area contributed by atoms with Crippen molar-refractivity contribution < 1.29 is 9.84 Å². The molecule has 4 nitrogen and oxygen atoms in total. The molecule has 1 heterocycles. The molecule has 1 saturated heterocycles. The summed E-state index contributed by atoms with van der Waals surface area (Å²) in [7, 11) is 0. The minimum absolute atomic E-state index is 0.0284. The lowest BCUT2D eigenvalue weighted by atomic mass is 9.81. The maximum Gasteiger partial charge on any atom is 0.108 e. The number of benzene rings is 3. The van der Waals surface area contributed by atoms with Gasteiger partial charge in [0.05, 0.1) is 12.7 Å². The summed E-state index contributed by atoms with van der Waals surface area (Å²) in [5.74, 6) is 0.335.